The largest absolute Gasteiger partial charge is 0.465 e. The Labute approximate surface area is 207 Å². The van der Waals surface area contributed by atoms with Gasteiger partial charge in [-0.1, -0.05) is 0 Å². The van der Waals surface area contributed by atoms with Crippen molar-refractivity contribution < 1.29 is 44.5 Å². The predicted octanol–water partition coefficient (Wildman–Crippen LogP) is 1.15. The number of rotatable bonds is 8. The number of thiol groups is 1. The monoisotopic (exact) mass is 550 g/mol. The van der Waals surface area contributed by atoms with E-state index < -0.39 is 74.6 Å². The van der Waals surface area contributed by atoms with Gasteiger partial charge >= 0.3 is 6.09 Å². The predicted molar refractivity (Wildman–Crippen MR) is 125 cm³/mol. The van der Waals surface area contributed by atoms with Crippen LogP contribution in [0.4, 0.5) is 25.0 Å². The molecule has 1 aliphatic rings. The van der Waals surface area contributed by atoms with Crippen molar-refractivity contribution in [2.75, 3.05) is 35.6 Å². The summed E-state index contributed by atoms with van der Waals surface area (Å²) in [6.45, 7) is 0.279. The summed E-state index contributed by atoms with van der Waals surface area (Å²) in [6.07, 6.45) is 0.442. The summed E-state index contributed by atoms with van der Waals surface area (Å²) in [6, 6.07) is 2.51. The highest BCUT2D eigenvalue weighted by molar-refractivity contribution is 7.86. The van der Waals surface area contributed by atoms with Crippen molar-refractivity contribution in [1.82, 2.24) is 9.47 Å². The third-order valence-electron chi connectivity index (χ3n) is 5.64. The summed E-state index contributed by atoms with van der Waals surface area (Å²) in [7, 11) is -6.19. The number of amides is 2. The summed E-state index contributed by atoms with van der Waals surface area (Å²) in [5, 5.41) is 11.8. The Kier molecular flexibility index (Phi) is 7.90. The summed E-state index contributed by atoms with van der Waals surface area (Å²) in [4.78, 5) is 25.1. The number of nitrogens with one attached hydrogen (secondary N) is 1. The molecule has 0 aliphatic carbocycles. The third-order valence-corrected chi connectivity index (χ3v) is 7.07. The molecule has 0 spiro atoms. The lowest BCUT2D eigenvalue weighted by Gasteiger charge is -2.27. The lowest BCUT2D eigenvalue weighted by atomic mass is 10.1. The molecule has 16 heteroatoms. The van der Waals surface area contributed by atoms with Crippen molar-refractivity contribution in [3.05, 3.63) is 47.3 Å². The van der Waals surface area contributed by atoms with E-state index in [-0.39, 0.29) is 24.3 Å². The number of likely N-dealkylation sites (tertiary alicyclic amines) is 1. The highest BCUT2D eigenvalue weighted by Gasteiger charge is 2.42. The number of hydrogen-bond acceptors (Lipinski definition) is 7. The van der Waals surface area contributed by atoms with Crippen LogP contribution in [0.3, 0.4) is 0 Å². The van der Waals surface area contributed by atoms with Crippen molar-refractivity contribution in [1.29, 1.82) is 0 Å². The molecule has 0 bridgehead atoms. The number of carbonyl (C=O) groups excluding carboxylic acids is 1. The van der Waals surface area contributed by atoms with Gasteiger partial charge in [0.25, 0.3) is 16.0 Å². The van der Waals surface area contributed by atoms with Gasteiger partial charge in [-0.2, -0.15) is 8.42 Å². The van der Waals surface area contributed by atoms with E-state index in [1.165, 1.54) is 26.1 Å². The minimum atomic E-state index is -3.93. The molecule has 1 aromatic carbocycles. The zero-order valence-corrected chi connectivity index (χ0v) is 21.1. The first-order valence-corrected chi connectivity index (χ1v) is 13.3. The summed E-state index contributed by atoms with van der Waals surface area (Å²) >= 11 is 0. The highest BCUT2D eigenvalue weighted by atomic mass is 32.2. The topological polar surface area (TPSA) is 155 Å². The molecule has 1 fully saturated rings. The first kappa shape index (κ1) is 27.3. The first-order valence-electron chi connectivity index (χ1n) is 10.4. The van der Waals surface area contributed by atoms with Crippen LogP contribution in [0.15, 0.2) is 24.4 Å². The molecule has 1 saturated heterocycles. The summed E-state index contributed by atoms with van der Waals surface area (Å²) < 4.78 is 82.8. The lowest BCUT2D eigenvalue weighted by molar-refractivity contribution is 0.101. The van der Waals surface area contributed by atoms with Crippen molar-refractivity contribution in [2.45, 2.75) is 13.0 Å². The number of hydrogen-bond donors (Lipinski definition) is 3. The maximum absolute atomic E-state index is 15.5. The second-order valence-corrected chi connectivity index (χ2v) is 10.8. The summed E-state index contributed by atoms with van der Waals surface area (Å²) in [5.41, 5.74) is -0.651. The van der Waals surface area contributed by atoms with E-state index in [0.29, 0.717) is 4.31 Å². The number of nitrogens with zero attached hydrogens (tertiary/aromatic N) is 3. The van der Waals surface area contributed by atoms with Gasteiger partial charge in [0.05, 0.1) is 18.9 Å². The van der Waals surface area contributed by atoms with Crippen molar-refractivity contribution in [3.63, 3.8) is 0 Å². The molecular formula is C20H24F2N4O8S2. The van der Waals surface area contributed by atoms with Gasteiger partial charge in [-0.05, 0) is 30.7 Å². The van der Waals surface area contributed by atoms with Gasteiger partial charge in [-0.15, -0.1) is 0 Å². The molecule has 36 heavy (non-hydrogen) atoms. The van der Waals surface area contributed by atoms with Crippen LogP contribution in [0.5, 0.6) is 0 Å². The minimum Gasteiger partial charge on any atom is -0.465 e. The molecule has 12 nitrogen and oxygen atoms in total. The lowest BCUT2D eigenvalue weighted by Crippen LogP contribution is -2.42. The average molecular weight is 551 g/mol. The van der Waals surface area contributed by atoms with Crippen LogP contribution in [-0.4, -0.2) is 75.4 Å². The van der Waals surface area contributed by atoms with Crippen LogP contribution in [0.25, 0.3) is 0 Å². The quantitative estimate of drug-likeness (QED) is 0.327. The van der Waals surface area contributed by atoms with Gasteiger partial charge < -0.3 is 19.9 Å². The average Bonchev–Trinajstić information content (AvgIpc) is 3.30. The fraction of sp³-hybridized carbons (Fsp3) is 0.400. The fourth-order valence-electron chi connectivity index (χ4n) is 3.96. The molecule has 0 unspecified atom stereocenters. The van der Waals surface area contributed by atoms with Crippen LogP contribution < -0.4 is 9.62 Å². The minimum absolute atomic E-state index is 0.179. The number of aromatic nitrogens is 1. The van der Waals surface area contributed by atoms with Crippen LogP contribution in [0.2, 0.25) is 0 Å². The molecule has 2 heterocycles. The molecule has 2 atom stereocenters. The Morgan fingerprint density at radius 3 is 2.50 bits per heavy atom. The van der Waals surface area contributed by atoms with E-state index in [2.05, 4.69) is 5.32 Å². The molecule has 0 saturated carbocycles. The standard InChI is InChI=1S/C20H24F2N4O8S2/c1-11-6-13(4-5-14(11)21)23-19(27)18-17(22)16(8-24(18)2)26(35(30)31)15-9-25(20(28)29)7-12(15)10-34-36(3,32)33/h4-6,8,12,15,35H,7,9-10H2,1-3H3,(H,23,27)(H,28,29)/t12-,15-/m0/s1. The SMILES string of the molecule is Cc1cc(NC(=O)c2c(F)c(N([C@H]3CN(C(=O)O)C[C@H]3COS(C)(=O)=O)[SH](=O)=O)cn2C)ccc1F. The zero-order valence-electron chi connectivity index (χ0n) is 19.3. The Balaban J connectivity index is 1.97. The second-order valence-electron chi connectivity index (χ2n) is 8.29. The van der Waals surface area contributed by atoms with Crippen LogP contribution in [0, 0.1) is 24.5 Å². The second kappa shape index (κ2) is 10.4. The fourth-order valence-corrected chi connectivity index (χ4v) is 5.20. The Morgan fingerprint density at radius 1 is 1.28 bits per heavy atom. The van der Waals surface area contributed by atoms with E-state index in [1.807, 2.05) is 0 Å². The maximum Gasteiger partial charge on any atom is 0.407 e. The number of carbonyl (C=O) groups is 2. The molecule has 1 aromatic heterocycles. The van der Waals surface area contributed by atoms with Crippen LogP contribution in [-0.2, 0) is 32.2 Å². The van der Waals surface area contributed by atoms with Crippen LogP contribution in [0.1, 0.15) is 16.1 Å². The number of anilines is 2. The van der Waals surface area contributed by atoms with E-state index in [1.54, 1.807) is 0 Å². The van der Waals surface area contributed by atoms with E-state index >= 15 is 4.39 Å². The Bertz CT molecular complexity index is 1370. The molecule has 2 aromatic rings. The highest BCUT2D eigenvalue weighted by Crippen LogP contribution is 2.32. The number of carboxylic acid groups (broad SMARTS) is 1. The molecule has 198 valence electrons. The smallest absolute Gasteiger partial charge is 0.407 e. The van der Waals surface area contributed by atoms with Crippen molar-refractivity contribution >= 4 is 44.4 Å². The number of halogens is 2. The Hall–Kier alpha value is -3.24. The third kappa shape index (κ3) is 5.93. The summed E-state index contributed by atoms with van der Waals surface area (Å²) in [5.74, 6) is -3.60. The zero-order chi connectivity index (χ0) is 26.9. The number of benzene rings is 1. The number of aryl methyl sites for hydroxylation is 2. The van der Waals surface area contributed by atoms with Crippen molar-refractivity contribution in [2.24, 2.45) is 13.0 Å². The van der Waals surface area contributed by atoms with Crippen molar-refractivity contribution in [3.8, 4) is 0 Å². The first-order chi connectivity index (χ1) is 16.7. The molecule has 1 aliphatic heterocycles. The van der Waals surface area contributed by atoms with Gasteiger partial charge in [-0.3, -0.25) is 13.3 Å². The van der Waals surface area contributed by atoms with E-state index in [0.717, 1.165) is 28.0 Å². The van der Waals surface area contributed by atoms with Gasteiger partial charge in [0, 0.05) is 37.9 Å². The normalized spacial score (nSPS) is 18.0. The molecule has 2 amide bonds. The maximum atomic E-state index is 15.5. The van der Waals surface area contributed by atoms with E-state index in [9.17, 15) is 35.9 Å². The molecule has 3 rings (SSSR count). The van der Waals surface area contributed by atoms with E-state index in [4.69, 9.17) is 4.18 Å². The van der Waals surface area contributed by atoms with Crippen LogP contribution >= 0.6 is 0 Å². The molecule has 0 radical (unpaired) electrons. The molecular weight excluding hydrogens is 526 g/mol. The Morgan fingerprint density at radius 2 is 1.94 bits per heavy atom. The van der Waals surface area contributed by atoms with Gasteiger partial charge in [0.2, 0.25) is 10.9 Å². The molecule has 2 N–H and O–H groups in total. The van der Waals surface area contributed by atoms with Gasteiger partial charge in [0.1, 0.15) is 17.2 Å². The van der Waals surface area contributed by atoms with Gasteiger partial charge in [-0.25, -0.2) is 22.0 Å². The van der Waals surface area contributed by atoms with Gasteiger partial charge in [0.15, 0.2) is 5.82 Å².